The SMILES string of the molecule is COc1ccc(CN(C)c2nc(Cl)nc3c(C(=O)O)nn(Cc4ccc(OC)cc4)c23)cc1. The van der Waals surface area contributed by atoms with Crippen LogP contribution >= 0.6 is 11.6 Å². The maximum Gasteiger partial charge on any atom is 0.358 e. The summed E-state index contributed by atoms with van der Waals surface area (Å²) >= 11 is 6.18. The van der Waals surface area contributed by atoms with Crippen LogP contribution in [0.2, 0.25) is 5.28 Å². The molecule has 0 saturated heterocycles. The van der Waals surface area contributed by atoms with Gasteiger partial charge in [0, 0.05) is 13.6 Å². The molecule has 170 valence electrons. The van der Waals surface area contributed by atoms with Crippen molar-refractivity contribution in [2.75, 3.05) is 26.2 Å². The van der Waals surface area contributed by atoms with Crippen LogP contribution in [0.5, 0.6) is 11.5 Å². The number of benzene rings is 2. The molecule has 0 radical (unpaired) electrons. The molecule has 0 spiro atoms. The van der Waals surface area contributed by atoms with Crippen molar-refractivity contribution in [1.82, 2.24) is 19.7 Å². The average molecular weight is 468 g/mol. The van der Waals surface area contributed by atoms with E-state index >= 15 is 0 Å². The molecule has 2 aromatic heterocycles. The Morgan fingerprint density at radius 1 is 1.00 bits per heavy atom. The third-order valence-electron chi connectivity index (χ3n) is 5.18. The smallest absolute Gasteiger partial charge is 0.358 e. The maximum atomic E-state index is 11.9. The van der Waals surface area contributed by atoms with Gasteiger partial charge in [-0.3, -0.25) is 4.68 Å². The Kier molecular flexibility index (Phi) is 6.32. The van der Waals surface area contributed by atoms with Gasteiger partial charge in [0.25, 0.3) is 0 Å². The molecule has 0 amide bonds. The van der Waals surface area contributed by atoms with Crippen LogP contribution < -0.4 is 14.4 Å². The molecule has 33 heavy (non-hydrogen) atoms. The number of rotatable bonds is 8. The molecule has 9 nitrogen and oxygen atoms in total. The number of hydrogen-bond donors (Lipinski definition) is 1. The summed E-state index contributed by atoms with van der Waals surface area (Å²) in [5, 5.41) is 14.0. The van der Waals surface area contributed by atoms with Crippen LogP contribution in [0.25, 0.3) is 11.0 Å². The number of nitrogens with zero attached hydrogens (tertiary/aromatic N) is 5. The molecule has 2 aromatic carbocycles. The number of methoxy groups -OCH3 is 2. The largest absolute Gasteiger partial charge is 0.497 e. The van der Waals surface area contributed by atoms with Crippen molar-refractivity contribution >= 4 is 34.4 Å². The number of carbonyl (C=O) groups is 1. The van der Waals surface area contributed by atoms with E-state index in [1.54, 1.807) is 18.9 Å². The summed E-state index contributed by atoms with van der Waals surface area (Å²) in [5.41, 5.74) is 2.43. The summed E-state index contributed by atoms with van der Waals surface area (Å²) in [5.74, 6) is 0.782. The number of carboxylic acid groups (broad SMARTS) is 1. The van der Waals surface area contributed by atoms with E-state index in [1.807, 2.05) is 60.5 Å². The van der Waals surface area contributed by atoms with Crippen LogP contribution in [0.1, 0.15) is 21.6 Å². The molecule has 4 rings (SSSR count). The number of aromatic carboxylic acids is 1. The van der Waals surface area contributed by atoms with Crippen LogP contribution in [0.4, 0.5) is 5.82 Å². The fraction of sp³-hybridized carbons (Fsp3) is 0.217. The standard InChI is InChI=1S/C23H22ClN5O4/c1-28(12-14-4-8-16(32-2)9-5-14)21-20-18(25-23(24)26-21)19(22(30)31)27-29(20)13-15-6-10-17(33-3)11-7-15/h4-11H,12-13H2,1-3H3,(H,30,31). The van der Waals surface area contributed by atoms with Crippen molar-refractivity contribution in [3.63, 3.8) is 0 Å². The second-order valence-corrected chi connectivity index (χ2v) is 7.72. The molecule has 0 aliphatic heterocycles. The summed E-state index contributed by atoms with van der Waals surface area (Å²) in [7, 11) is 5.07. The molecule has 0 aliphatic rings. The average Bonchev–Trinajstić information content (AvgIpc) is 3.17. The first-order chi connectivity index (χ1) is 15.9. The van der Waals surface area contributed by atoms with Gasteiger partial charge in [0.15, 0.2) is 11.5 Å². The summed E-state index contributed by atoms with van der Waals surface area (Å²) in [6.07, 6.45) is 0. The summed E-state index contributed by atoms with van der Waals surface area (Å²) in [6.45, 7) is 0.824. The minimum Gasteiger partial charge on any atom is -0.497 e. The highest BCUT2D eigenvalue weighted by Crippen LogP contribution is 2.29. The Morgan fingerprint density at radius 3 is 2.12 bits per heavy atom. The number of fused-ring (bicyclic) bond motifs is 1. The molecule has 0 aliphatic carbocycles. The molecule has 0 bridgehead atoms. The second kappa shape index (κ2) is 9.33. The molecule has 4 aromatic rings. The Labute approximate surface area is 195 Å². The number of aromatic nitrogens is 4. The molecular weight excluding hydrogens is 446 g/mol. The zero-order chi connectivity index (χ0) is 23.5. The van der Waals surface area contributed by atoms with E-state index in [0.29, 0.717) is 24.4 Å². The van der Waals surface area contributed by atoms with Gasteiger partial charge < -0.3 is 19.5 Å². The Hall–Kier alpha value is -3.85. The van der Waals surface area contributed by atoms with Gasteiger partial charge in [-0.15, -0.1) is 0 Å². The fourth-order valence-electron chi connectivity index (χ4n) is 3.55. The zero-order valence-corrected chi connectivity index (χ0v) is 19.1. The number of halogens is 1. The summed E-state index contributed by atoms with van der Waals surface area (Å²) < 4.78 is 12.0. The van der Waals surface area contributed by atoms with E-state index in [9.17, 15) is 9.90 Å². The quantitative estimate of drug-likeness (QED) is 0.389. The molecule has 2 heterocycles. The highest BCUT2D eigenvalue weighted by Gasteiger charge is 2.24. The van der Waals surface area contributed by atoms with E-state index in [2.05, 4.69) is 15.1 Å². The summed E-state index contributed by atoms with van der Waals surface area (Å²) in [4.78, 5) is 22.4. The van der Waals surface area contributed by atoms with Gasteiger partial charge in [-0.25, -0.2) is 9.78 Å². The monoisotopic (exact) mass is 467 g/mol. The Bertz CT molecular complexity index is 1290. The Balaban J connectivity index is 1.78. The topological polar surface area (TPSA) is 103 Å². The van der Waals surface area contributed by atoms with E-state index in [0.717, 1.165) is 22.6 Å². The van der Waals surface area contributed by atoms with Gasteiger partial charge in [-0.2, -0.15) is 10.1 Å². The molecule has 1 N–H and O–H groups in total. The molecule has 0 atom stereocenters. The lowest BCUT2D eigenvalue weighted by Crippen LogP contribution is -2.19. The van der Waals surface area contributed by atoms with Crippen LogP contribution in [0.15, 0.2) is 48.5 Å². The van der Waals surface area contributed by atoms with Gasteiger partial charge in [0.05, 0.1) is 20.8 Å². The lowest BCUT2D eigenvalue weighted by Gasteiger charge is -2.20. The van der Waals surface area contributed by atoms with Crippen LogP contribution in [-0.2, 0) is 13.1 Å². The number of carboxylic acids is 1. The first kappa shape index (κ1) is 22.3. The van der Waals surface area contributed by atoms with E-state index in [1.165, 1.54) is 0 Å². The van der Waals surface area contributed by atoms with E-state index in [4.69, 9.17) is 21.1 Å². The van der Waals surface area contributed by atoms with Crippen molar-refractivity contribution < 1.29 is 19.4 Å². The van der Waals surface area contributed by atoms with E-state index < -0.39 is 5.97 Å². The molecular formula is C23H22ClN5O4. The highest BCUT2D eigenvalue weighted by molar-refractivity contribution is 6.29. The lowest BCUT2D eigenvalue weighted by molar-refractivity contribution is 0.0691. The third-order valence-corrected chi connectivity index (χ3v) is 5.34. The van der Waals surface area contributed by atoms with Crippen LogP contribution in [0.3, 0.4) is 0 Å². The number of hydrogen-bond acceptors (Lipinski definition) is 7. The van der Waals surface area contributed by atoms with Crippen molar-refractivity contribution in [3.8, 4) is 11.5 Å². The van der Waals surface area contributed by atoms with Gasteiger partial charge in [0.2, 0.25) is 5.28 Å². The maximum absolute atomic E-state index is 11.9. The van der Waals surface area contributed by atoms with Crippen LogP contribution in [-0.4, -0.2) is 52.1 Å². The van der Waals surface area contributed by atoms with Gasteiger partial charge >= 0.3 is 5.97 Å². The van der Waals surface area contributed by atoms with E-state index in [-0.39, 0.29) is 16.5 Å². The molecule has 0 fully saturated rings. The first-order valence-electron chi connectivity index (χ1n) is 10.0. The first-order valence-corrected chi connectivity index (χ1v) is 10.4. The van der Waals surface area contributed by atoms with Crippen molar-refractivity contribution in [2.24, 2.45) is 0 Å². The minimum absolute atomic E-state index is 0.0504. The third kappa shape index (κ3) is 4.68. The summed E-state index contributed by atoms with van der Waals surface area (Å²) in [6, 6.07) is 15.1. The number of ether oxygens (including phenoxy) is 2. The zero-order valence-electron chi connectivity index (χ0n) is 18.3. The normalized spacial score (nSPS) is 10.9. The van der Waals surface area contributed by atoms with Gasteiger partial charge in [0.1, 0.15) is 22.5 Å². The van der Waals surface area contributed by atoms with Crippen LogP contribution in [0, 0.1) is 0 Å². The van der Waals surface area contributed by atoms with Gasteiger partial charge in [-0.05, 0) is 47.0 Å². The van der Waals surface area contributed by atoms with Crippen molar-refractivity contribution in [3.05, 3.63) is 70.6 Å². The lowest BCUT2D eigenvalue weighted by atomic mass is 10.2. The predicted octanol–water partition coefficient (Wildman–Crippen LogP) is 3.88. The molecule has 0 saturated carbocycles. The molecule has 10 heteroatoms. The molecule has 0 unspecified atom stereocenters. The van der Waals surface area contributed by atoms with Gasteiger partial charge in [-0.1, -0.05) is 24.3 Å². The van der Waals surface area contributed by atoms with Crippen molar-refractivity contribution in [2.45, 2.75) is 13.1 Å². The minimum atomic E-state index is -1.19. The fourth-order valence-corrected chi connectivity index (χ4v) is 3.71. The second-order valence-electron chi connectivity index (χ2n) is 7.38. The Morgan fingerprint density at radius 2 is 1.58 bits per heavy atom. The highest BCUT2D eigenvalue weighted by atomic mass is 35.5. The predicted molar refractivity (Wildman–Crippen MR) is 124 cm³/mol. The van der Waals surface area contributed by atoms with Crippen molar-refractivity contribution in [1.29, 1.82) is 0 Å². The number of anilines is 1.